The summed E-state index contributed by atoms with van der Waals surface area (Å²) in [6.07, 6.45) is 0. The highest BCUT2D eigenvalue weighted by Gasteiger charge is 2.21. The minimum Gasteiger partial charge on any atom is -0.310 e. The van der Waals surface area contributed by atoms with E-state index >= 15 is 0 Å². The number of Topliss-reactive ketones (excluding diaryl/α,β-unsaturated/α-hetero) is 1. The van der Waals surface area contributed by atoms with Crippen LogP contribution in [0.25, 0.3) is 5.69 Å². The Morgan fingerprint density at radius 3 is 2.39 bits per heavy atom. The van der Waals surface area contributed by atoms with Gasteiger partial charge in [0, 0.05) is 22.6 Å². The number of halogens is 1. The first-order valence-electron chi connectivity index (χ1n) is 9.91. The van der Waals surface area contributed by atoms with Crippen LogP contribution in [0.4, 0.5) is 10.2 Å². The smallest absolute Gasteiger partial charge is 0.235 e. The van der Waals surface area contributed by atoms with Gasteiger partial charge in [-0.2, -0.15) is 10.5 Å². The lowest BCUT2D eigenvalue weighted by Crippen LogP contribution is -2.18. The zero-order chi connectivity index (χ0) is 24.3. The molecular formula is C24H20FN5O2S. The topological polar surface area (TPSA) is 112 Å². The Balaban J connectivity index is 1.89. The third-order valence-electron chi connectivity index (χ3n) is 5.19. The second kappa shape index (κ2) is 9.68. The van der Waals surface area contributed by atoms with Crippen LogP contribution in [0.1, 0.15) is 45.4 Å². The molecule has 0 fully saturated rings. The predicted octanol–water partition coefficient (Wildman–Crippen LogP) is 4.61. The number of pyridine rings is 1. The Morgan fingerprint density at radius 2 is 1.82 bits per heavy atom. The predicted molar refractivity (Wildman–Crippen MR) is 123 cm³/mol. The van der Waals surface area contributed by atoms with E-state index in [1.165, 1.54) is 25.1 Å². The fraction of sp³-hybridized carbons (Fsp3) is 0.208. The van der Waals surface area contributed by atoms with E-state index in [4.69, 9.17) is 0 Å². The molecule has 0 aliphatic rings. The number of carbonyl (C=O) groups excluding carboxylic acids is 2. The number of amides is 1. The van der Waals surface area contributed by atoms with E-state index < -0.39 is 11.7 Å². The Hall–Kier alpha value is -3.95. The summed E-state index contributed by atoms with van der Waals surface area (Å²) < 4.78 is 15.1. The first-order chi connectivity index (χ1) is 15.7. The number of rotatable bonds is 6. The van der Waals surface area contributed by atoms with Gasteiger partial charge in [0.25, 0.3) is 0 Å². The summed E-state index contributed by atoms with van der Waals surface area (Å²) in [6.45, 7) is 6.66. The van der Waals surface area contributed by atoms with Crippen LogP contribution >= 0.6 is 11.8 Å². The van der Waals surface area contributed by atoms with Crippen LogP contribution in [0.15, 0.2) is 35.4 Å². The number of nitrogens with zero attached hydrogens (tertiary/aromatic N) is 4. The van der Waals surface area contributed by atoms with Crippen LogP contribution in [-0.4, -0.2) is 27.0 Å². The number of carbonyl (C=O) groups is 2. The Kier molecular flexibility index (Phi) is 6.95. The van der Waals surface area contributed by atoms with Crippen LogP contribution < -0.4 is 5.32 Å². The lowest BCUT2D eigenvalue weighted by atomic mass is 10.1. The zero-order valence-electron chi connectivity index (χ0n) is 18.5. The summed E-state index contributed by atoms with van der Waals surface area (Å²) in [4.78, 5) is 28.8. The van der Waals surface area contributed by atoms with Crippen molar-refractivity contribution in [1.29, 1.82) is 10.5 Å². The van der Waals surface area contributed by atoms with Gasteiger partial charge in [-0.3, -0.25) is 14.2 Å². The SMILES string of the molecule is CC(=O)c1cc(C#N)c(SCC(=O)Nc2c(C#N)c(C)c(C)n2-c2ccc(F)cc2)nc1C. The quantitative estimate of drug-likeness (QED) is 0.424. The molecule has 0 aliphatic carbocycles. The van der Waals surface area contributed by atoms with Crippen LogP contribution in [0.5, 0.6) is 0 Å². The Bertz CT molecular complexity index is 1350. The van der Waals surface area contributed by atoms with E-state index in [1.54, 1.807) is 30.5 Å². The van der Waals surface area contributed by atoms with Crippen molar-refractivity contribution in [3.05, 3.63) is 69.8 Å². The van der Waals surface area contributed by atoms with Crippen molar-refractivity contribution in [3.8, 4) is 17.8 Å². The molecule has 0 unspecified atom stereocenters. The number of benzene rings is 1. The molecule has 3 aromatic rings. The number of thioether (sulfide) groups is 1. The number of nitriles is 2. The zero-order valence-corrected chi connectivity index (χ0v) is 19.3. The molecule has 0 saturated carbocycles. The summed E-state index contributed by atoms with van der Waals surface area (Å²) in [5, 5.41) is 22.2. The van der Waals surface area contributed by atoms with Crippen molar-refractivity contribution in [1.82, 2.24) is 9.55 Å². The molecule has 0 atom stereocenters. The van der Waals surface area contributed by atoms with Gasteiger partial charge in [0.15, 0.2) is 5.78 Å². The molecule has 1 amide bonds. The third kappa shape index (κ3) is 4.79. The molecule has 2 aromatic heterocycles. The number of hydrogen-bond donors (Lipinski definition) is 1. The maximum absolute atomic E-state index is 13.4. The first-order valence-corrected chi connectivity index (χ1v) is 10.9. The molecule has 33 heavy (non-hydrogen) atoms. The van der Waals surface area contributed by atoms with Gasteiger partial charge < -0.3 is 5.32 Å². The molecule has 0 aliphatic heterocycles. The van der Waals surface area contributed by atoms with E-state index in [2.05, 4.69) is 16.4 Å². The molecule has 0 radical (unpaired) electrons. The second-order valence-electron chi connectivity index (χ2n) is 7.34. The van der Waals surface area contributed by atoms with Gasteiger partial charge in [-0.1, -0.05) is 11.8 Å². The van der Waals surface area contributed by atoms with Gasteiger partial charge in [-0.05, 0) is 63.6 Å². The van der Waals surface area contributed by atoms with Gasteiger partial charge in [0.2, 0.25) is 5.91 Å². The fourth-order valence-electron chi connectivity index (χ4n) is 3.41. The fourth-order valence-corrected chi connectivity index (χ4v) is 4.21. The van der Waals surface area contributed by atoms with Gasteiger partial charge in [0.05, 0.1) is 16.9 Å². The number of hydrogen-bond acceptors (Lipinski definition) is 6. The van der Waals surface area contributed by atoms with Crippen LogP contribution in [-0.2, 0) is 4.79 Å². The molecule has 2 heterocycles. The minimum atomic E-state index is -0.406. The van der Waals surface area contributed by atoms with Gasteiger partial charge in [0.1, 0.15) is 28.8 Å². The lowest BCUT2D eigenvalue weighted by Gasteiger charge is -2.13. The van der Waals surface area contributed by atoms with E-state index in [1.807, 2.05) is 13.0 Å². The largest absolute Gasteiger partial charge is 0.310 e. The molecule has 1 aromatic carbocycles. The van der Waals surface area contributed by atoms with Gasteiger partial charge >= 0.3 is 0 Å². The number of ketones is 1. The van der Waals surface area contributed by atoms with Crippen LogP contribution in [0.2, 0.25) is 0 Å². The molecule has 3 rings (SSSR count). The summed E-state index contributed by atoms with van der Waals surface area (Å²) in [6, 6.07) is 11.4. The van der Waals surface area contributed by atoms with Crippen LogP contribution in [0, 0.1) is 49.3 Å². The number of aryl methyl sites for hydroxylation is 1. The van der Waals surface area contributed by atoms with Crippen molar-refractivity contribution in [2.75, 3.05) is 11.1 Å². The average Bonchev–Trinajstić information content (AvgIpc) is 3.01. The van der Waals surface area contributed by atoms with Crippen LogP contribution in [0.3, 0.4) is 0 Å². The third-order valence-corrected chi connectivity index (χ3v) is 6.18. The molecule has 0 spiro atoms. The normalized spacial score (nSPS) is 10.4. The molecule has 7 nitrogen and oxygen atoms in total. The molecule has 166 valence electrons. The summed E-state index contributed by atoms with van der Waals surface area (Å²) in [5.41, 5.74) is 3.41. The van der Waals surface area contributed by atoms with E-state index in [0.717, 1.165) is 17.5 Å². The molecule has 9 heteroatoms. The second-order valence-corrected chi connectivity index (χ2v) is 8.30. The standard InChI is InChI=1S/C24H20FN5O2S/c1-13-15(3)30(19-7-5-18(25)6-8-19)23(21(13)11-27)29-22(32)12-33-24-17(10-26)9-20(16(4)31)14(2)28-24/h5-9H,12H2,1-4H3,(H,29,32). The maximum atomic E-state index is 13.4. The van der Waals surface area contributed by atoms with Crippen molar-refractivity contribution >= 4 is 29.3 Å². The molecular weight excluding hydrogens is 441 g/mol. The monoisotopic (exact) mass is 461 g/mol. The highest BCUT2D eigenvalue weighted by molar-refractivity contribution is 8.00. The number of aromatic nitrogens is 2. The molecule has 0 bridgehead atoms. The van der Waals surface area contributed by atoms with Crippen molar-refractivity contribution in [2.45, 2.75) is 32.7 Å². The van der Waals surface area contributed by atoms with Gasteiger partial charge in [-0.25, -0.2) is 9.37 Å². The summed E-state index contributed by atoms with van der Waals surface area (Å²) in [7, 11) is 0. The highest BCUT2D eigenvalue weighted by atomic mass is 32.2. The van der Waals surface area contributed by atoms with E-state index in [-0.39, 0.29) is 17.1 Å². The van der Waals surface area contributed by atoms with Crippen molar-refractivity contribution in [3.63, 3.8) is 0 Å². The lowest BCUT2D eigenvalue weighted by molar-refractivity contribution is -0.113. The first kappa shape index (κ1) is 23.7. The Labute approximate surface area is 194 Å². The molecule has 1 N–H and O–H groups in total. The minimum absolute atomic E-state index is 0.0713. The van der Waals surface area contributed by atoms with E-state index in [0.29, 0.717) is 38.9 Å². The number of anilines is 1. The summed E-state index contributed by atoms with van der Waals surface area (Å²) in [5.74, 6) is -0.771. The van der Waals surface area contributed by atoms with Crippen molar-refractivity contribution < 1.29 is 14.0 Å². The average molecular weight is 462 g/mol. The molecule has 0 saturated heterocycles. The van der Waals surface area contributed by atoms with Gasteiger partial charge in [-0.15, -0.1) is 0 Å². The van der Waals surface area contributed by atoms with E-state index in [9.17, 15) is 24.5 Å². The highest BCUT2D eigenvalue weighted by Crippen LogP contribution is 2.31. The number of nitrogens with one attached hydrogen (secondary N) is 1. The Morgan fingerprint density at radius 1 is 1.15 bits per heavy atom. The maximum Gasteiger partial charge on any atom is 0.235 e. The van der Waals surface area contributed by atoms with Crippen molar-refractivity contribution in [2.24, 2.45) is 0 Å². The summed E-state index contributed by atoms with van der Waals surface area (Å²) >= 11 is 1.06.